The van der Waals surface area contributed by atoms with Crippen LogP contribution in [0.5, 0.6) is 0 Å². The summed E-state index contributed by atoms with van der Waals surface area (Å²) in [6, 6.07) is 0.243. The van der Waals surface area contributed by atoms with Crippen molar-refractivity contribution in [3.63, 3.8) is 0 Å². The van der Waals surface area contributed by atoms with E-state index in [1.54, 1.807) is 5.51 Å². The fourth-order valence-corrected chi connectivity index (χ4v) is 4.50. The minimum atomic E-state index is -0.486. The van der Waals surface area contributed by atoms with Gasteiger partial charge in [0.15, 0.2) is 10.6 Å². The van der Waals surface area contributed by atoms with E-state index in [1.165, 1.54) is 11.3 Å². The Kier molecular flexibility index (Phi) is 3.99. The molecule has 2 aromatic rings. The average Bonchev–Trinajstić information content (AvgIpc) is 3.07. The fourth-order valence-electron chi connectivity index (χ4n) is 3.63. The Morgan fingerprint density at radius 2 is 1.96 bits per heavy atom. The molecule has 0 spiro atoms. The molecule has 0 radical (unpaired) electrons. The lowest BCUT2D eigenvalue weighted by molar-refractivity contribution is 0.0123. The number of carbonyl (C=O) groups excluding carboxylic acids is 1. The molecule has 4 heterocycles. The molecule has 2 unspecified atom stereocenters. The Balaban J connectivity index is 1.59. The van der Waals surface area contributed by atoms with Crippen molar-refractivity contribution < 1.29 is 9.53 Å². The van der Waals surface area contributed by atoms with Crippen molar-refractivity contribution in [2.75, 3.05) is 18.0 Å². The summed E-state index contributed by atoms with van der Waals surface area (Å²) in [5.74, 6) is 0.761. The lowest BCUT2D eigenvalue weighted by Gasteiger charge is -2.41. The third kappa shape index (κ3) is 3.13. The van der Waals surface area contributed by atoms with E-state index >= 15 is 0 Å². The van der Waals surface area contributed by atoms with Crippen LogP contribution >= 0.6 is 22.9 Å². The zero-order chi connectivity index (χ0) is 17.8. The topological polar surface area (TPSA) is 71.5 Å². The third-order valence-electron chi connectivity index (χ3n) is 4.54. The largest absolute Gasteiger partial charge is 0.444 e. The summed E-state index contributed by atoms with van der Waals surface area (Å²) in [6.07, 6.45) is 1.72. The molecule has 0 saturated carbocycles. The van der Waals surface area contributed by atoms with E-state index in [4.69, 9.17) is 16.3 Å². The van der Waals surface area contributed by atoms with E-state index in [0.29, 0.717) is 13.1 Å². The summed E-state index contributed by atoms with van der Waals surface area (Å²) in [5.41, 5.74) is 2.05. The van der Waals surface area contributed by atoms with Crippen LogP contribution in [0.3, 0.4) is 0 Å². The number of thiazole rings is 1. The molecule has 0 aliphatic carbocycles. The van der Waals surface area contributed by atoms with Crippen molar-refractivity contribution in [2.45, 2.75) is 51.3 Å². The van der Waals surface area contributed by atoms with Gasteiger partial charge in [-0.2, -0.15) is 4.98 Å². The van der Waals surface area contributed by atoms with E-state index in [2.05, 4.69) is 19.9 Å². The number of aromatic nitrogens is 3. The predicted molar refractivity (Wildman–Crippen MR) is 97.3 cm³/mol. The van der Waals surface area contributed by atoms with E-state index in [0.717, 1.165) is 29.0 Å². The minimum absolute atomic E-state index is 0.121. The molecular formula is C16H20ClN5O2S. The van der Waals surface area contributed by atoms with Crippen LogP contribution in [0.1, 0.15) is 33.6 Å². The van der Waals surface area contributed by atoms with Crippen LogP contribution in [-0.4, -0.2) is 56.7 Å². The van der Waals surface area contributed by atoms with Crippen LogP contribution in [0.4, 0.5) is 10.6 Å². The number of amides is 1. The highest BCUT2D eigenvalue weighted by molar-refractivity contribution is 7.16. The summed E-state index contributed by atoms with van der Waals surface area (Å²) in [5, 5.41) is 0.230. The Bertz CT molecular complexity index is 806. The van der Waals surface area contributed by atoms with Crippen molar-refractivity contribution in [1.82, 2.24) is 19.9 Å². The number of anilines is 1. The van der Waals surface area contributed by atoms with Gasteiger partial charge in [0, 0.05) is 13.1 Å². The normalized spacial score (nSPS) is 23.4. The zero-order valence-electron chi connectivity index (χ0n) is 14.4. The predicted octanol–water partition coefficient (Wildman–Crippen LogP) is 3.33. The molecule has 2 fully saturated rings. The molecule has 2 aliphatic rings. The number of carbonyl (C=O) groups is 1. The van der Waals surface area contributed by atoms with Gasteiger partial charge in [-0.05, 0) is 45.2 Å². The van der Waals surface area contributed by atoms with Crippen molar-refractivity contribution >= 4 is 45.2 Å². The van der Waals surface area contributed by atoms with Gasteiger partial charge in [0.2, 0.25) is 5.28 Å². The molecule has 25 heavy (non-hydrogen) atoms. The van der Waals surface area contributed by atoms with Gasteiger partial charge >= 0.3 is 6.09 Å². The second-order valence-electron chi connectivity index (χ2n) is 7.50. The fraction of sp³-hybridized carbons (Fsp3) is 0.625. The van der Waals surface area contributed by atoms with Gasteiger partial charge in [0.1, 0.15) is 11.1 Å². The number of rotatable bonds is 1. The molecule has 2 aromatic heterocycles. The Hall–Kier alpha value is -1.67. The van der Waals surface area contributed by atoms with Crippen molar-refractivity contribution in [2.24, 2.45) is 0 Å². The van der Waals surface area contributed by atoms with E-state index in [-0.39, 0.29) is 23.5 Å². The molecule has 2 atom stereocenters. The summed E-state index contributed by atoms with van der Waals surface area (Å²) >= 11 is 7.54. The number of piperazine rings is 1. The summed E-state index contributed by atoms with van der Waals surface area (Å²) in [7, 11) is 0. The van der Waals surface area contributed by atoms with Gasteiger partial charge in [0.25, 0.3) is 0 Å². The first-order valence-corrected chi connectivity index (χ1v) is 9.60. The maximum Gasteiger partial charge on any atom is 0.410 e. The van der Waals surface area contributed by atoms with Gasteiger partial charge in [0.05, 0.1) is 17.6 Å². The molecular weight excluding hydrogens is 362 g/mol. The Morgan fingerprint density at radius 1 is 1.28 bits per heavy atom. The molecule has 0 N–H and O–H groups in total. The van der Waals surface area contributed by atoms with Gasteiger partial charge in [-0.3, -0.25) is 4.90 Å². The smallest absolute Gasteiger partial charge is 0.410 e. The third-order valence-corrected chi connectivity index (χ3v) is 5.43. The van der Waals surface area contributed by atoms with Crippen LogP contribution in [-0.2, 0) is 4.74 Å². The zero-order valence-corrected chi connectivity index (χ0v) is 16.0. The van der Waals surface area contributed by atoms with E-state index < -0.39 is 5.60 Å². The molecule has 2 bridgehead atoms. The van der Waals surface area contributed by atoms with Crippen LogP contribution in [0.15, 0.2) is 5.51 Å². The molecule has 2 aliphatic heterocycles. The summed E-state index contributed by atoms with van der Waals surface area (Å²) < 4.78 is 5.59. The molecule has 1 amide bonds. The summed E-state index contributed by atoms with van der Waals surface area (Å²) in [6.45, 7) is 7.09. The highest BCUT2D eigenvalue weighted by Crippen LogP contribution is 2.35. The van der Waals surface area contributed by atoms with E-state index in [9.17, 15) is 4.79 Å². The van der Waals surface area contributed by atoms with Crippen LogP contribution < -0.4 is 4.90 Å². The first-order valence-electron chi connectivity index (χ1n) is 8.35. The average molecular weight is 382 g/mol. The maximum atomic E-state index is 12.6. The summed E-state index contributed by atoms with van der Waals surface area (Å²) in [4.78, 5) is 30.5. The number of hydrogen-bond donors (Lipinski definition) is 0. The van der Waals surface area contributed by atoms with Crippen molar-refractivity contribution in [3.05, 3.63) is 10.8 Å². The highest BCUT2D eigenvalue weighted by Gasteiger charge is 2.45. The quantitative estimate of drug-likeness (QED) is 0.705. The molecule has 7 nitrogen and oxygen atoms in total. The molecule has 2 saturated heterocycles. The first-order chi connectivity index (χ1) is 11.8. The number of ether oxygens (including phenoxy) is 1. The van der Waals surface area contributed by atoms with Crippen LogP contribution in [0.2, 0.25) is 5.28 Å². The molecule has 0 aromatic carbocycles. The van der Waals surface area contributed by atoms with Gasteiger partial charge in [-0.25, -0.2) is 14.8 Å². The SMILES string of the molecule is CC(C)(C)OC(=O)N1C2CCC1CN(c1nc(Cl)nc3scnc13)C2. The van der Waals surface area contributed by atoms with Crippen LogP contribution in [0, 0.1) is 0 Å². The molecule has 4 rings (SSSR count). The number of nitrogens with zero attached hydrogens (tertiary/aromatic N) is 5. The van der Waals surface area contributed by atoms with Crippen LogP contribution in [0.25, 0.3) is 10.3 Å². The van der Waals surface area contributed by atoms with Crippen molar-refractivity contribution in [3.8, 4) is 0 Å². The number of fused-ring (bicyclic) bond motifs is 3. The Labute approximate surface area is 155 Å². The monoisotopic (exact) mass is 381 g/mol. The van der Waals surface area contributed by atoms with Crippen molar-refractivity contribution in [1.29, 1.82) is 0 Å². The second-order valence-corrected chi connectivity index (χ2v) is 8.67. The van der Waals surface area contributed by atoms with E-state index in [1.807, 2.05) is 25.7 Å². The van der Waals surface area contributed by atoms with Gasteiger partial charge < -0.3 is 9.64 Å². The standard InChI is InChI=1S/C16H20ClN5O2S/c1-16(2,3)24-15(23)22-9-4-5-10(22)7-21(6-9)12-11-13(25-8-18-11)20-14(17)19-12/h8-10H,4-7H2,1-3H3. The lowest BCUT2D eigenvalue weighted by atomic mass is 10.2. The maximum absolute atomic E-state index is 12.6. The minimum Gasteiger partial charge on any atom is -0.444 e. The number of halogens is 1. The first kappa shape index (κ1) is 16.8. The highest BCUT2D eigenvalue weighted by atomic mass is 35.5. The second kappa shape index (κ2) is 5.95. The lowest BCUT2D eigenvalue weighted by Crippen LogP contribution is -2.57. The van der Waals surface area contributed by atoms with Gasteiger partial charge in [-0.1, -0.05) is 0 Å². The molecule has 9 heteroatoms. The van der Waals surface area contributed by atoms with Gasteiger partial charge in [-0.15, -0.1) is 11.3 Å². The number of hydrogen-bond acceptors (Lipinski definition) is 7. The Morgan fingerprint density at radius 3 is 2.60 bits per heavy atom. The molecule has 134 valence electrons.